The van der Waals surface area contributed by atoms with Gasteiger partial charge in [-0.3, -0.25) is 10.1 Å². The number of rotatable bonds is 3. The molecular weight excluding hydrogens is 349 g/mol. The number of carbonyl (C=O) groups is 1. The number of nitrogens with zero attached hydrogens (tertiary/aromatic N) is 6. The van der Waals surface area contributed by atoms with Crippen molar-refractivity contribution in [2.75, 3.05) is 5.32 Å². The van der Waals surface area contributed by atoms with Gasteiger partial charge < -0.3 is 0 Å². The van der Waals surface area contributed by atoms with Crippen LogP contribution in [-0.2, 0) is 17.9 Å². The van der Waals surface area contributed by atoms with E-state index in [1.54, 1.807) is 39.8 Å². The molecule has 27 heavy (non-hydrogen) atoms. The zero-order chi connectivity index (χ0) is 18.4. The lowest BCUT2D eigenvalue weighted by molar-refractivity contribution is -0.117. The predicted molar refractivity (Wildman–Crippen MR) is 95.3 cm³/mol. The molecule has 0 unspecified atom stereocenters. The molecule has 1 N–H and O–H groups in total. The zero-order valence-electron chi connectivity index (χ0n) is 14.1. The van der Waals surface area contributed by atoms with Gasteiger partial charge in [-0.05, 0) is 18.2 Å². The van der Waals surface area contributed by atoms with Crippen molar-refractivity contribution in [1.29, 1.82) is 0 Å². The van der Waals surface area contributed by atoms with Gasteiger partial charge in [0.05, 0.1) is 18.5 Å². The number of halogens is 1. The van der Waals surface area contributed by atoms with E-state index in [9.17, 15) is 9.18 Å². The summed E-state index contributed by atoms with van der Waals surface area (Å²) in [5.74, 6) is 0.425. The van der Waals surface area contributed by atoms with Gasteiger partial charge in [0.15, 0.2) is 5.65 Å². The molecule has 8 nitrogen and oxygen atoms in total. The summed E-state index contributed by atoms with van der Waals surface area (Å²) in [7, 11) is 0. The van der Waals surface area contributed by atoms with E-state index in [2.05, 4.69) is 25.5 Å². The van der Waals surface area contributed by atoms with Crippen LogP contribution in [0.15, 0.2) is 42.6 Å². The first-order chi connectivity index (χ1) is 13.2. The van der Waals surface area contributed by atoms with Crippen LogP contribution in [0.1, 0.15) is 12.0 Å². The van der Waals surface area contributed by atoms with Crippen molar-refractivity contribution in [1.82, 2.24) is 29.5 Å². The number of benzene rings is 1. The molecule has 5 rings (SSSR count). The van der Waals surface area contributed by atoms with E-state index in [0.717, 1.165) is 5.39 Å². The minimum absolute atomic E-state index is 0.0851. The van der Waals surface area contributed by atoms with Crippen LogP contribution in [0.4, 0.5) is 10.3 Å². The lowest BCUT2D eigenvalue weighted by Gasteiger charge is -2.11. The average Bonchev–Trinajstić information content (AvgIpc) is 3.25. The average molecular weight is 363 g/mol. The summed E-state index contributed by atoms with van der Waals surface area (Å²) in [4.78, 5) is 20.4. The molecule has 0 saturated carbocycles. The number of aromatic nitrogens is 6. The van der Waals surface area contributed by atoms with Crippen LogP contribution in [0.25, 0.3) is 22.6 Å². The Labute approximate surface area is 152 Å². The van der Waals surface area contributed by atoms with Crippen molar-refractivity contribution in [3.63, 3.8) is 0 Å². The third-order valence-corrected chi connectivity index (χ3v) is 4.47. The first-order valence-corrected chi connectivity index (χ1v) is 8.49. The standard InChI is InChI=1S/C18H14FN7O/c19-13-6-2-1-4-11(13)10-26-17-12(5-3-8-20-17)15(23-26)16-22-18-21-14(27)7-9-25(18)24-16/h1-6,8H,7,9-10H2,(H,21,22,24,27). The SMILES string of the molecule is O=C1CCn2nc(-c3nn(Cc4ccccc4F)c4ncccc34)nc2N1. The fraction of sp³-hybridized carbons (Fsp3) is 0.167. The van der Waals surface area contributed by atoms with Crippen molar-refractivity contribution < 1.29 is 9.18 Å². The number of anilines is 1. The summed E-state index contributed by atoms with van der Waals surface area (Å²) in [6.07, 6.45) is 2.03. The van der Waals surface area contributed by atoms with Gasteiger partial charge in [0, 0.05) is 18.2 Å². The lowest BCUT2D eigenvalue weighted by atomic mass is 10.2. The third-order valence-electron chi connectivity index (χ3n) is 4.47. The maximum atomic E-state index is 14.1. The van der Waals surface area contributed by atoms with E-state index in [1.807, 2.05) is 6.07 Å². The Morgan fingerprint density at radius 1 is 1.15 bits per heavy atom. The Balaban J connectivity index is 1.62. The van der Waals surface area contributed by atoms with Gasteiger partial charge in [-0.25, -0.2) is 18.7 Å². The first-order valence-electron chi connectivity index (χ1n) is 8.49. The molecule has 3 aromatic heterocycles. The van der Waals surface area contributed by atoms with Crippen LogP contribution in [0, 0.1) is 5.82 Å². The van der Waals surface area contributed by atoms with E-state index >= 15 is 0 Å². The summed E-state index contributed by atoms with van der Waals surface area (Å²) in [6, 6.07) is 10.3. The van der Waals surface area contributed by atoms with Gasteiger partial charge in [-0.1, -0.05) is 18.2 Å². The molecule has 1 aliphatic rings. The van der Waals surface area contributed by atoms with Crippen molar-refractivity contribution in [3.05, 3.63) is 54.0 Å². The number of carbonyl (C=O) groups excluding carboxylic acids is 1. The monoisotopic (exact) mass is 363 g/mol. The maximum absolute atomic E-state index is 14.1. The van der Waals surface area contributed by atoms with Crippen LogP contribution in [0.3, 0.4) is 0 Å². The summed E-state index contributed by atoms with van der Waals surface area (Å²) in [5, 5.41) is 12.5. The van der Waals surface area contributed by atoms with E-state index in [4.69, 9.17) is 0 Å². The Hall–Kier alpha value is -3.62. The molecule has 1 amide bonds. The number of hydrogen-bond acceptors (Lipinski definition) is 5. The molecule has 4 aromatic rings. The zero-order valence-corrected chi connectivity index (χ0v) is 14.1. The maximum Gasteiger partial charge on any atom is 0.228 e. The number of aryl methyl sites for hydroxylation is 1. The molecule has 0 radical (unpaired) electrons. The van der Waals surface area contributed by atoms with Crippen LogP contribution in [0.5, 0.6) is 0 Å². The minimum atomic E-state index is -0.295. The number of fused-ring (bicyclic) bond motifs is 2. The second-order valence-electron chi connectivity index (χ2n) is 6.25. The van der Waals surface area contributed by atoms with Gasteiger partial charge in [-0.15, -0.1) is 5.10 Å². The lowest BCUT2D eigenvalue weighted by Crippen LogP contribution is -2.23. The van der Waals surface area contributed by atoms with Crippen LogP contribution in [0.2, 0.25) is 0 Å². The van der Waals surface area contributed by atoms with Gasteiger partial charge in [-0.2, -0.15) is 10.1 Å². The van der Waals surface area contributed by atoms with Gasteiger partial charge in [0.1, 0.15) is 11.5 Å². The molecule has 134 valence electrons. The highest BCUT2D eigenvalue weighted by Gasteiger charge is 2.23. The van der Waals surface area contributed by atoms with E-state index in [-0.39, 0.29) is 18.3 Å². The minimum Gasteiger partial charge on any atom is -0.295 e. The Kier molecular flexibility index (Phi) is 3.46. The smallest absolute Gasteiger partial charge is 0.228 e. The molecule has 1 aliphatic heterocycles. The molecule has 0 bridgehead atoms. The van der Waals surface area contributed by atoms with Crippen molar-refractivity contribution in [2.24, 2.45) is 0 Å². The number of nitrogens with one attached hydrogen (secondary N) is 1. The predicted octanol–water partition coefficient (Wildman–Crippen LogP) is 2.22. The second kappa shape index (κ2) is 5.97. The fourth-order valence-electron chi connectivity index (χ4n) is 3.16. The molecule has 0 aliphatic carbocycles. The first kappa shape index (κ1) is 15.6. The van der Waals surface area contributed by atoms with Crippen LogP contribution >= 0.6 is 0 Å². The molecule has 1 aromatic carbocycles. The van der Waals surface area contributed by atoms with Crippen molar-refractivity contribution in [2.45, 2.75) is 19.5 Å². The van der Waals surface area contributed by atoms with Crippen LogP contribution in [-0.4, -0.2) is 35.4 Å². The number of hydrogen-bond donors (Lipinski definition) is 1. The Morgan fingerprint density at radius 3 is 2.93 bits per heavy atom. The Bertz CT molecular complexity index is 1180. The molecule has 0 spiro atoms. The van der Waals surface area contributed by atoms with Crippen molar-refractivity contribution in [3.8, 4) is 11.5 Å². The number of pyridine rings is 1. The molecule has 0 fully saturated rings. The Morgan fingerprint density at radius 2 is 2.04 bits per heavy atom. The van der Waals surface area contributed by atoms with Crippen LogP contribution < -0.4 is 5.32 Å². The molecule has 9 heteroatoms. The van der Waals surface area contributed by atoms with E-state index in [0.29, 0.717) is 41.6 Å². The van der Waals surface area contributed by atoms with Gasteiger partial charge in [0.25, 0.3) is 0 Å². The van der Waals surface area contributed by atoms with Gasteiger partial charge >= 0.3 is 0 Å². The van der Waals surface area contributed by atoms with E-state index < -0.39 is 0 Å². The summed E-state index contributed by atoms with van der Waals surface area (Å²) in [5.41, 5.74) is 1.68. The number of amides is 1. The highest BCUT2D eigenvalue weighted by Crippen LogP contribution is 2.27. The summed E-state index contributed by atoms with van der Waals surface area (Å²) < 4.78 is 17.4. The topological polar surface area (TPSA) is 90.5 Å². The summed E-state index contributed by atoms with van der Waals surface area (Å²) in [6.45, 7) is 0.713. The third kappa shape index (κ3) is 2.64. The molecule has 0 atom stereocenters. The molecular formula is C18H14FN7O. The van der Waals surface area contributed by atoms with E-state index in [1.165, 1.54) is 6.07 Å². The quantitative estimate of drug-likeness (QED) is 0.603. The second-order valence-corrected chi connectivity index (χ2v) is 6.25. The molecule has 4 heterocycles. The largest absolute Gasteiger partial charge is 0.295 e. The molecule has 0 saturated heterocycles. The highest BCUT2D eigenvalue weighted by molar-refractivity contribution is 5.92. The fourth-order valence-corrected chi connectivity index (χ4v) is 3.16. The normalized spacial score (nSPS) is 13.6. The summed E-state index contributed by atoms with van der Waals surface area (Å²) >= 11 is 0. The van der Waals surface area contributed by atoms with Gasteiger partial charge in [0.2, 0.25) is 17.7 Å². The van der Waals surface area contributed by atoms with Crippen molar-refractivity contribution >= 4 is 22.9 Å². The highest BCUT2D eigenvalue weighted by atomic mass is 19.1.